The van der Waals surface area contributed by atoms with E-state index in [0.29, 0.717) is 0 Å². The molecule has 31 heavy (non-hydrogen) atoms. The van der Waals surface area contributed by atoms with Crippen LogP contribution in [0.4, 0.5) is 0 Å². The topological polar surface area (TPSA) is 9.23 Å². The van der Waals surface area contributed by atoms with Gasteiger partial charge in [-0.1, -0.05) is 0 Å². The first kappa shape index (κ1) is 22.0. The molecule has 1 nitrogen and oxygen atoms in total. The molecule has 0 atom stereocenters. The van der Waals surface area contributed by atoms with Gasteiger partial charge in [0.1, 0.15) is 0 Å². The van der Waals surface area contributed by atoms with Gasteiger partial charge in [0.2, 0.25) is 0 Å². The molecular formula is C28H27ClOTi. The molecule has 0 amide bonds. The molecule has 0 bridgehead atoms. The number of benzene rings is 3. The van der Waals surface area contributed by atoms with Gasteiger partial charge in [0.05, 0.1) is 0 Å². The van der Waals surface area contributed by atoms with E-state index in [1.807, 2.05) is 12.1 Å². The SMILES string of the molecule is CC(C)(C)c1cc(Cl)cc([O][Ti]([C]2=CC=CC2)=[C](c2ccccc2)c2ccccc2)c1. The average Bonchev–Trinajstić information content (AvgIpc) is 3.29. The molecule has 0 radical (unpaired) electrons. The van der Waals surface area contributed by atoms with Crippen molar-refractivity contribution in [3.05, 3.63) is 123 Å². The van der Waals surface area contributed by atoms with Gasteiger partial charge in [-0.05, 0) is 0 Å². The number of halogens is 1. The van der Waals surface area contributed by atoms with E-state index in [-0.39, 0.29) is 5.41 Å². The molecule has 4 rings (SSSR count). The first-order valence-corrected chi connectivity index (χ1v) is 13.2. The average molecular weight is 463 g/mol. The summed E-state index contributed by atoms with van der Waals surface area (Å²) in [5.41, 5.74) is 3.65. The van der Waals surface area contributed by atoms with Crippen LogP contribution >= 0.6 is 11.6 Å². The molecular weight excluding hydrogens is 436 g/mol. The van der Waals surface area contributed by atoms with Gasteiger partial charge >= 0.3 is 198 Å². The molecule has 0 aliphatic heterocycles. The Kier molecular flexibility index (Phi) is 6.77. The molecule has 0 spiro atoms. The normalized spacial score (nSPS) is 13.1. The van der Waals surface area contributed by atoms with Crippen LogP contribution < -0.4 is 3.32 Å². The zero-order valence-electron chi connectivity index (χ0n) is 18.2. The molecule has 0 N–H and O–H groups in total. The summed E-state index contributed by atoms with van der Waals surface area (Å²) in [5.74, 6) is 0.865. The second-order valence-corrected chi connectivity index (χ2v) is 12.4. The summed E-state index contributed by atoms with van der Waals surface area (Å²) in [5, 5.41) is 0.722. The Hall–Kier alpha value is -2.19. The minimum atomic E-state index is -2.38. The van der Waals surface area contributed by atoms with E-state index in [2.05, 4.69) is 106 Å². The zero-order chi connectivity index (χ0) is 21.8. The molecule has 3 heteroatoms. The summed E-state index contributed by atoms with van der Waals surface area (Å²) in [7, 11) is 0. The van der Waals surface area contributed by atoms with Gasteiger partial charge < -0.3 is 0 Å². The molecule has 0 unspecified atom stereocenters. The van der Waals surface area contributed by atoms with Crippen molar-refractivity contribution in [1.82, 2.24) is 0 Å². The van der Waals surface area contributed by atoms with Crippen LogP contribution in [0.2, 0.25) is 5.02 Å². The molecule has 0 aromatic heterocycles. The van der Waals surface area contributed by atoms with Gasteiger partial charge in [0.25, 0.3) is 0 Å². The summed E-state index contributed by atoms with van der Waals surface area (Å²) >= 11 is 4.14. The first-order valence-electron chi connectivity index (χ1n) is 10.6. The monoisotopic (exact) mass is 462 g/mol. The van der Waals surface area contributed by atoms with E-state index >= 15 is 0 Å². The van der Waals surface area contributed by atoms with E-state index < -0.39 is 17.8 Å². The molecule has 0 fully saturated rings. The Balaban J connectivity index is 1.92. The number of hydrogen-bond donors (Lipinski definition) is 0. The minimum absolute atomic E-state index is 0.00274. The van der Waals surface area contributed by atoms with E-state index in [9.17, 15) is 0 Å². The Labute approximate surface area is 196 Å². The van der Waals surface area contributed by atoms with Crippen molar-refractivity contribution in [3.63, 3.8) is 0 Å². The standard InChI is InChI=1S/C13H10.C10H13ClO.C5H5.Ti/c1-3-7-12(8-4-1)11-13-9-5-2-6-10-13;1-10(2,3)7-4-8(11)6-9(12)5-7;1-2-4-5-3-1;/h1-10H;4-6,12H,1-3H3;1-3H,4H2;/q;;;+1/p-1. The maximum atomic E-state index is 6.92. The Morgan fingerprint density at radius 2 is 1.48 bits per heavy atom. The van der Waals surface area contributed by atoms with Gasteiger partial charge in [0, 0.05) is 0 Å². The van der Waals surface area contributed by atoms with Crippen molar-refractivity contribution < 1.29 is 21.1 Å². The van der Waals surface area contributed by atoms with Crippen LogP contribution in [0.3, 0.4) is 0 Å². The van der Waals surface area contributed by atoms with Crippen LogP contribution in [0.15, 0.2) is 101 Å². The van der Waals surface area contributed by atoms with Crippen molar-refractivity contribution >= 4 is 15.4 Å². The predicted octanol–water partition coefficient (Wildman–Crippen LogP) is 7.66. The fourth-order valence-corrected chi connectivity index (χ4v) is 7.55. The van der Waals surface area contributed by atoms with Crippen LogP contribution in [0, 0.1) is 0 Å². The summed E-state index contributed by atoms with van der Waals surface area (Å²) < 4.78 is 9.65. The molecule has 156 valence electrons. The molecule has 0 heterocycles. The second kappa shape index (κ2) is 9.53. The molecule has 1 aliphatic carbocycles. The number of rotatable bonds is 5. The Morgan fingerprint density at radius 1 is 0.871 bits per heavy atom. The van der Waals surface area contributed by atoms with E-state index in [4.69, 9.17) is 14.9 Å². The summed E-state index contributed by atoms with van der Waals surface area (Å²) in [6.45, 7) is 6.61. The number of hydrogen-bond acceptors (Lipinski definition) is 1. The zero-order valence-corrected chi connectivity index (χ0v) is 20.5. The van der Waals surface area contributed by atoms with E-state index in [0.717, 1.165) is 17.2 Å². The summed E-state index contributed by atoms with van der Waals surface area (Å²) in [4.78, 5) is 0. The Morgan fingerprint density at radius 3 is 2.00 bits per heavy atom. The second-order valence-electron chi connectivity index (χ2n) is 8.79. The van der Waals surface area contributed by atoms with Gasteiger partial charge in [0.15, 0.2) is 0 Å². The van der Waals surface area contributed by atoms with Gasteiger partial charge in [-0.3, -0.25) is 0 Å². The quantitative estimate of drug-likeness (QED) is 0.354. The summed E-state index contributed by atoms with van der Waals surface area (Å²) in [6.07, 6.45) is 7.57. The van der Waals surface area contributed by atoms with Crippen molar-refractivity contribution in [1.29, 1.82) is 0 Å². The maximum absolute atomic E-state index is 6.92. The van der Waals surface area contributed by atoms with Crippen LogP contribution in [-0.2, 0) is 23.2 Å². The summed E-state index contributed by atoms with van der Waals surface area (Å²) in [6, 6.07) is 27.5. The van der Waals surface area contributed by atoms with Gasteiger partial charge in [-0.15, -0.1) is 0 Å². The van der Waals surface area contributed by atoms with Crippen LogP contribution in [-0.4, -0.2) is 3.81 Å². The fourth-order valence-electron chi connectivity index (χ4n) is 3.70. The molecule has 1 aliphatic rings. The third-order valence-electron chi connectivity index (χ3n) is 5.37. The third kappa shape index (κ3) is 5.36. The molecule has 3 aromatic rings. The Bertz CT molecular complexity index is 1110. The van der Waals surface area contributed by atoms with Crippen molar-refractivity contribution in [2.75, 3.05) is 0 Å². The van der Waals surface area contributed by atoms with E-state index in [1.54, 1.807) is 0 Å². The first-order chi connectivity index (χ1) is 14.9. The van der Waals surface area contributed by atoms with Gasteiger partial charge in [-0.2, -0.15) is 0 Å². The third-order valence-corrected chi connectivity index (χ3v) is 9.38. The molecule has 0 saturated carbocycles. The molecule has 0 saturated heterocycles. The number of allylic oxidation sites excluding steroid dienone is 4. The van der Waals surface area contributed by atoms with E-state index in [1.165, 1.54) is 24.4 Å². The van der Waals surface area contributed by atoms with Crippen LogP contribution in [0.1, 0.15) is 43.9 Å². The van der Waals surface area contributed by atoms with Crippen LogP contribution in [0.5, 0.6) is 5.75 Å². The van der Waals surface area contributed by atoms with Crippen LogP contribution in [0.25, 0.3) is 0 Å². The van der Waals surface area contributed by atoms with Crippen molar-refractivity contribution in [2.45, 2.75) is 32.6 Å². The van der Waals surface area contributed by atoms with Crippen molar-refractivity contribution in [2.24, 2.45) is 0 Å². The van der Waals surface area contributed by atoms with Crippen molar-refractivity contribution in [3.8, 4) is 5.75 Å². The van der Waals surface area contributed by atoms with Gasteiger partial charge in [-0.25, -0.2) is 0 Å². The predicted molar refractivity (Wildman–Crippen MR) is 129 cm³/mol. The molecule has 3 aromatic carbocycles. The fraction of sp³-hybridized carbons (Fsp3) is 0.179.